The molecule has 1 fully saturated rings. The third kappa shape index (κ3) is 4.83. The number of carbonyl (C=O) groups excluding carboxylic acids is 2. The van der Waals surface area contributed by atoms with E-state index in [2.05, 4.69) is 5.32 Å². The number of hydrogen-bond acceptors (Lipinski definition) is 5. The topological polar surface area (TPSA) is 112 Å². The Morgan fingerprint density at radius 3 is 2.11 bits per heavy atom. The molecule has 140 valence electrons. The van der Waals surface area contributed by atoms with Crippen LogP contribution in [0.3, 0.4) is 0 Å². The van der Waals surface area contributed by atoms with E-state index in [1.54, 1.807) is 46.4 Å². The van der Waals surface area contributed by atoms with E-state index >= 15 is 0 Å². The highest BCUT2D eigenvalue weighted by Gasteiger charge is 2.24. The average Bonchev–Trinajstić information content (AvgIpc) is 2.69. The van der Waals surface area contributed by atoms with E-state index in [4.69, 9.17) is 16.0 Å². The van der Waals surface area contributed by atoms with Gasteiger partial charge < -0.3 is 15.5 Å². The maximum absolute atomic E-state index is 12.6. The molecule has 3 rings (SSSR count). The standard InChI is InChI=1S/C19H21N5O3/c20-17(21)14-6-8-15(9-7-14)18(25)23-10-12-24(13-11-23)27-19(26)22-16-4-2-1-3-5-16/h1-9H,10-13H2,(H3,20,21)(H,22,26). The van der Waals surface area contributed by atoms with Crippen molar-refractivity contribution >= 4 is 23.5 Å². The number of hydrogen-bond donors (Lipinski definition) is 3. The van der Waals surface area contributed by atoms with Crippen molar-refractivity contribution in [2.75, 3.05) is 31.5 Å². The van der Waals surface area contributed by atoms with E-state index in [0.29, 0.717) is 43.0 Å². The number of rotatable bonds is 4. The minimum absolute atomic E-state index is 0.0338. The van der Waals surface area contributed by atoms with Gasteiger partial charge in [0.25, 0.3) is 5.91 Å². The molecule has 0 atom stereocenters. The predicted molar refractivity (Wildman–Crippen MR) is 101 cm³/mol. The van der Waals surface area contributed by atoms with E-state index in [1.165, 1.54) is 0 Å². The molecule has 0 bridgehead atoms. The maximum atomic E-state index is 12.6. The fraction of sp³-hybridized carbons (Fsp3) is 0.211. The van der Waals surface area contributed by atoms with Crippen LogP contribution in [0.2, 0.25) is 0 Å². The highest BCUT2D eigenvalue weighted by Crippen LogP contribution is 2.12. The molecular formula is C19H21N5O3. The molecule has 2 aromatic carbocycles. The predicted octanol–water partition coefficient (Wildman–Crippen LogP) is 1.89. The Hall–Kier alpha value is -3.39. The molecule has 8 heteroatoms. The lowest BCUT2D eigenvalue weighted by molar-refractivity contribution is -0.113. The Morgan fingerprint density at radius 2 is 1.52 bits per heavy atom. The number of benzene rings is 2. The van der Waals surface area contributed by atoms with Gasteiger partial charge >= 0.3 is 6.09 Å². The number of piperazine rings is 1. The second-order valence-electron chi connectivity index (χ2n) is 6.08. The first kappa shape index (κ1) is 18.4. The molecule has 1 saturated heterocycles. The molecule has 1 aliphatic heterocycles. The van der Waals surface area contributed by atoms with Crippen LogP contribution >= 0.6 is 0 Å². The first-order chi connectivity index (χ1) is 13.0. The van der Waals surface area contributed by atoms with E-state index in [1.807, 2.05) is 18.2 Å². The monoisotopic (exact) mass is 367 g/mol. The summed E-state index contributed by atoms with van der Waals surface area (Å²) >= 11 is 0. The van der Waals surface area contributed by atoms with Crippen molar-refractivity contribution in [3.8, 4) is 0 Å². The maximum Gasteiger partial charge on any atom is 0.430 e. The third-order valence-corrected chi connectivity index (χ3v) is 4.20. The highest BCUT2D eigenvalue weighted by molar-refractivity contribution is 5.98. The smallest absolute Gasteiger partial charge is 0.384 e. The minimum Gasteiger partial charge on any atom is -0.384 e. The van der Waals surface area contributed by atoms with Gasteiger partial charge in [-0.15, -0.1) is 5.06 Å². The molecule has 2 aromatic rings. The summed E-state index contributed by atoms with van der Waals surface area (Å²) in [7, 11) is 0. The van der Waals surface area contributed by atoms with Crippen LogP contribution in [0.25, 0.3) is 0 Å². The van der Waals surface area contributed by atoms with Crippen molar-refractivity contribution in [3.63, 3.8) is 0 Å². The van der Waals surface area contributed by atoms with Crippen molar-refractivity contribution in [3.05, 3.63) is 65.7 Å². The normalized spacial score (nSPS) is 14.4. The van der Waals surface area contributed by atoms with Gasteiger partial charge in [-0.05, 0) is 24.3 Å². The molecule has 1 heterocycles. The summed E-state index contributed by atoms with van der Waals surface area (Å²) in [6.07, 6.45) is -0.555. The summed E-state index contributed by atoms with van der Waals surface area (Å²) in [5.41, 5.74) is 7.20. The number of carbonyl (C=O) groups is 2. The molecule has 0 saturated carbocycles. The zero-order valence-electron chi connectivity index (χ0n) is 14.7. The van der Waals surface area contributed by atoms with Crippen molar-refractivity contribution in [2.45, 2.75) is 0 Å². The van der Waals surface area contributed by atoms with Crippen LogP contribution in [0.4, 0.5) is 10.5 Å². The van der Waals surface area contributed by atoms with Crippen molar-refractivity contribution in [2.24, 2.45) is 5.73 Å². The molecule has 0 unspecified atom stereocenters. The van der Waals surface area contributed by atoms with Gasteiger partial charge in [-0.25, -0.2) is 4.79 Å². The minimum atomic E-state index is -0.555. The van der Waals surface area contributed by atoms with Gasteiger partial charge in [-0.2, -0.15) is 0 Å². The lowest BCUT2D eigenvalue weighted by Crippen LogP contribution is -2.49. The summed E-state index contributed by atoms with van der Waals surface area (Å²) in [4.78, 5) is 31.5. The van der Waals surface area contributed by atoms with Crippen LogP contribution < -0.4 is 11.1 Å². The molecular weight excluding hydrogens is 346 g/mol. The van der Waals surface area contributed by atoms with Crippen molar-refractivity contribution in [1.29, 1.82) is 5.41 Å². The molecule has 0 aliphatic carbocycles. The molecule has 0 radical (unpaired) electrons. The van der Waals surface area contributed by atoms with Gasteiger partial charge in [0.05, 0.1) is 13.1 Å². The lowest BCUT2D eigenvalue weighted by atomic mass is 10.1. The largest absolute Gasteiger partial charge is 0.430 e. The average molecular weight is 367 g/mol. The van der Waals surface area contributed by atoms with Crippen molar-refractivity contribution < 1.29 is 14.4 Å². The Morgan fingerprint density at radius 1 is 0.926 bits per heavy atom. The molecule has 4 N–H and O–H groups in total. The van der Waals surface area contributed by atoms with Crippen LogP contribution in [0.5, 0.6) is 0 Å². The van der Waals surface area contributed by atoms with E-state index in [9.17, 15) is 9.59 Å². The first-order valence-corrected chi connectivity index (χ1v) is 8.55. The molecule has 27 heavy (non-hydrogen) atoms. The van der Waals surface area contributed by atoms with Crippen LogP contribution in [0.1, 0.15) is 15.9 Å². The second kappa shape index (κ2) is 8.33. The fourth-order valence-corrected chi connectivity index (χ4v) is 2.74. The molecule has 2 amide bonds. The van der Waals surface area contributed by atoms with Crippen LogP contribution in [-0.2, 0) is 4.84 Å². The highest BCUT2D eigenvalue weighted by atomic mass is 16.7. The number of nitrogens with zero attached hydrogens (tertiary/aromatic N) is 2. The molecule has 8 nitrogen and oxygen atoms in total. The first-order valence-electron chi connectivity index (χ1n) is 8.55. The summed E-state index contributed by atoms with van der Waals surface area (Å²) in [6.45, 7) is 1.76. The number of anilines is 1. The van der Waals surface area contributed by atoms with Crippen molar-refractivity contribution in [1.82, 2.24) is 9.96 Å². The van der Waals surface area contributed by atoms with Crippen LogP contribution in [-0.4, -0.2) is 54.0 Å². The number of hydroxylamine groups is 2. The SMILES string of the molecule is N=C(N)c1ccc(C(=O)N2CCN(OC(=O)Nc3ccccc3)CC2)cc1. The van der Waals surface area contributed by atoms with Crippen LogP contribution in [0.15, 0.2) is 54.6 Å². The summed E-state index contributed by atoms with van der Waals surface area (Å²) in [5, 5.41) is 11.6. The Balaban J connectivity index is 1.48. The van der Waals surface area contributed by atoms with E-state index < -0.39 is 6.09 Å². The zero-order chi connectivity index (χ0) is 19.2. The Labute approximate surface area is 157 Å². The van der Waals surface area contributed by atoms with E-state index in [0.717, 1.165) is 0 Å². The number of amides is 2. The quantitative estimate of drug-likeness (QED) is 0.564. The van der Waals surface area contributed by atoms with Gasteiger partial charge in [0, 0.05) is 29.9 Å². The zero-order valence-corrected chi connectivity index (χ0v) is 14.7. The molecule has 1 aliphatic rings. The van der Waals surface area contributed by atoms with Gasteiger partial charge in [-0.1, -0.05) is 30.3 Å². The Kier molecular flexibility index (Phi) is 5.68. The summed E-state index contributed by atoms with van der Waals surface area (Å²) < 4.78 is 0. The van der Waals surface area contributed by atoms with Gasteiger partial charge in [-0.3, -0.25) is 15.5 Å². The third-order valence-electron chi connectivity index (χ3n) is 4.20. The number of nitrogens with one attached hydrogen (secondary N) is 2. The van der Waals surface area contributed by atoms with Crippen LogP contribution in [0, 0.1) is 5.41 Å². The molecule has 0 spiro atoms. The number of para-hydroxylation sites is 1. The second-order valence-corrected chi connectivity index (χ2v) is 6.08. The fourth-order valence-electron chi connectivity index (χ4n) is 2.74. The number of amidine groups is 1. The number of nitrogen functional groups attached to an aromatic ring is 1. The van der Waals surface area contributed by atoms with Gasteiger partial charge in [0.1, 0.15) is 5.84 Å². The Bertz CT molecular complexity index is 815. The van der Waals surface area contributed by atoms with E-state index in [-0.39, 0.29) is 11.7 Å². The number of nitrogens with two attached hydrogens (primary N) is 1. The van der Waals surface area contributed by atoms with Gasteiger partial charge in [0.15, 0.2) is 0 Å². The molecule has 0 aromatic heterocycles. The summed E-state index contributed by atoms with van der Waals surface area (Å²) in [6, 6.07) is 15.7. The summed E-state index contributed by atoms with van der Waals surface area (Å²) in [5.74, 6) is -0.132. The lowest BCUT2D eigenvalue weighted by Gasteiger charge is -2.33. The van der Waals surface area contributed by atoms with Gasteiger partial charge in [0.2, 0.25) is 0 Å².